The van der Waals surface area contributed by atoms with Crippen LogP contribution < -0.4 is 0 Å². The van der Waals surface area contributed by atoms with Crippen LogP contribution in [0.1, 0.15) is 18.1 Å². The summed E-state index contributed by atoms with van der Waals surface area (Å²) < 4.78 is 3.28. The molecule has 0 saturated heterocycles. The van der Waals surface area contributed by atoms with Crippen molar-refractivity contribution in [2.24, 2.45) is 0 Å². The predicted molar refractivity (Wildman–Crippen MR) is 77.6 cm³/mol. The van der Waals surface area contributed by atoms with Gasteiger partial charge in [0.05, 0.1) is 0 Å². The van der Waals surface area contributed by atoms with Gasteiger partial charge in [-0.2, -0.15) is 0 Å². The molecular weight excluding hydrogens is 311 g/mol. The first-order chi connectivity index (χ1) is 10.1. The molecule has 0 radical (unpaired) electrons. The van der Waals surface area contributed by atoms with Crippen molar-refractivity contribution in [3.05, 3.63) is 59.7 Å². The number of para-hydroxylation sites is 2. The first-order valence-electron chi connectivity index (χ1n) is 6.56. The molecule has 2 aromatic rings. The molecule has 5 heteroatoms. The zero-order valence-electron chi connectivity index (χ0n) is 11.6. The van der Waals surface area contributed by atoms with Crippen LogP contribution in [-0.4, -0.2) is 37.6 Å². The molecule has 0 fully saturated rings. The summed E-state index contributed by atoms with van der Waals surface area (Å²) in [6, 6.07) is 14.1. The molecule has 21 heavy (non-hydrogen) atoms. The first-order valence-corrected chi connectivity index (χ1v) is 7.00. The van der Waals surface area contributed by atoms with Gasteiger partial charge in [-0.25, -0.2) is 0 Å². The van der Waals surface area contributed by atoms with E-state index in [1.165, 1.54) is 3.77 Å². The van der Waals surface area contributed by atoms with E-state index in [2.05, 4.69) is 0 Å². The molecule has 111 valence electrons. The SMILES string of the molecule is CC[N+](=Cc1ccccc1O)[N+]([Ni])=Cc1ccccc1O. The third kappa shape index (κ3) is 3.92. The summed E-state index contributed by atoms with van der Waals surface area (Å²) in [5, 5.41) is 19.6. The third-order valence-corrected chi connectivity index (χ3v) is 3.33. The molecule has 0 aromatic heterocycles. The molecule has 0 spiro atoms. The van der Waals surface area contributed by atoms with Crippen LogP contribution in [0.4, 0.5) is 0 Å². The van der Waals surface area contributed by atoms with E-state index in [1.54, 1.807) is 47.4 Å². The van der Waals surface area contributed by atoms with Crippen LogP contribution in [0.25, 0.3) is 0 Å². The first kappa shape index (κ1) is 15.3. The molecule has 0 bridgehead atoms. The van der Waals surface area contributed by atoms with Gasteiger partial charge >= 0.3 is 131 Å². The minimum absolute atomic E-state index is 0.179. The molecule has 2 N–H and O–H groups in total. The van der Waals surface area contributed by atoms with Gasteiger partial charge in [0.1, 0.15) is 0 Å². The quantitative estimate of drug-likeness (QED) is 0.391. The second-order valence-corrected chi connectivity index (χ2v) is 4.84. The van der Waals surface area contributed by atoms with E-state index in [9.17, 15) is 10.2 Å². The Morgan fingerprint density at radius 3 is 1.86 bits per heavy atom. The van der Waals surface area contributed by atoms with Crippen molar-refractivity contribution in [2.45, 2.75) is 6.92 Å². The molecule has 2 aromatic carbocycles. The van der Waals surface area contributed by atoms with E-state index >= 15 is 0 Å². The van der Waals surface area contributed by atoms with Crippen molar-refractivity contribution in [1.29, 1.82) is 0 Å². The summed E-state index contributed by atoms with van der Waals surface area (Å²) in [6.45, 7) is 2.60. The van der Waals surface area contributed by atoms with Crippen molar-refractivity contribution in [3.63, 3.8) is 0 Å². The summed E-state index contributed by atoms with van der Waals surface area (Å²) in [5.41, 5.74) is 1.33. The summed E-state index contributed by atoms with van der Waals surface area (Å²) in [6.07, 6.45) is 3.45. The molecular formula is C16H17N2NiO2+2. The molecule has 0 atom stereocenters. The monoisotopic (exact) mass is 327 g/mol. The Labute approximate surface area is 131 Å². The number of phenols is 2. The number of hydrazone groups is 2. The van der Waals surface area contributed by atoms with Crippen molar-refractivity contribution in [2.75, 3.05) is 6.54 Å². The average Bonchev–Trinajstić information content (AvgIpc) is 2.48. The fraction of sp³-hybridized carbons (Fsp3) is 0.125. The standard InChI is InChI=1S/C16H16N2O2.Ni/c1-2-18(12-14-8-4-6-10-16(14)20)17-11-13-7-3-5-9-15(13)19;/h3-12H,2H2,1H3,(H,17,19);/q;+1/p+1. The van der Waals surface area contributed by atoms with E-state index < -0.39 is 0 Å². The van der Waals surface area contributed by atoms with Gasteiger partial charge in [0, 0.05) is 0 Å². The molecule has 0 amide bonds. The number of aromatic hydroxyl groups is 2. The van der Waals surface area contributed by atoms with Gasteiger partial charge in [0.25, 0.3) is 0 Å². The van der Waals surface area contributed by atoms with Crippen LogP contribution in [0.3, 0.4) is 0 Å². The number of benzene rings is 2. The van der Waals surface area contributed by atoms with Crippen LogP contribution in [0, 0.1) is 0 Å². The molecule has 0 saturated carbocycles. The van der Waals surface area contributed by atoms with Gasteiger partial charge in [-0.1, -0.05) is 0 Å². The molecule has 4 nitrogen and oxygen atoms in total. The van der Waals surface area contributed by atoms with E-state index in [4.69, 9.17) is 15.7 Å². The second kappa shape index (κ2) is 7.05. The Morgan fingerprint density at radius 2 is 1.38 bits per heavy atom. The summed E-state index contributed by atoms with van der Waals surface area (Å²) in [7, 11) is 0. The second-order valence-electron chi connectivity index (χ2n) is 4.39. The van der Waals surface area contributed by atoms with E-state index in [0.29, 0.717) is 17.7 Å². The van der Waals surface area contributed by atoms with Crippen molar-refractivity contribution < 1.29 is 34.3 Å². The van der Waals surface area contributed by atoms with E-state index in [1.807, 2.05) is 25.1 Å². The van der Waals surface area contributed by atoms with Gasteiger partial charge in [0.15, 0.2) is 0 Å². The molecule has 0 aliphatic heterocycles. The topological polar surface area (TPSA) is 46.5 Å². The van der Waals surface area contributed by atoms with E-state index in [0.717, 1.165) is 0 Å². The van der Waals surface area contributed by atoms with Crippen LogP contribution in [0.2, 0.25) is 0 Å². The van der Waals surface area contributed by atoms with Crippen LogP contribution in [-0.2, 0) is 15.7 Å². The Kier molecular flexibility index (Phi) is 5.12. The third-order valence-electron chi connectivity index (χ3n) is 2.95. The maximum absolute atomic E-state index is 9.81. The average molecular weight is 328 g/mol. The Hall–Kier alpha value is -2.13. The number of hydrazine groups is 1. The Balaban J connectivity index is 2.38. The summed E-state index contributed by atoms with van der Waals surface area (Å²) >= 11 is 4.98. The fourth-order valence-corrected chi connectivity index (χ4v) is 2.14. The molecule has 0 heterocycles. The zero-order chi connectivity index (χ0) is 15.2. The zero-order valence-corrected chi connectivity index (χ0v) is 12.6. The molecule has 0 aliphatic carbocycles. The Morgan fingerprint density at radius 1 is 0.905 bits per heavy atom. The fourth-order valence-electron chi connectivity index (χ4n) is 1.80. The van der Waals surface area contributed by atoms with Gasteiger partial charge in [-0.05, 0) is 0 Å². The minimum atomic E-state index is 0.179. The number of rotatable bonds is 4. The van der Waals surface area contributed by atoms with Gasteiger partial charge in [-0.15, -0.1) is 0 Å². The molecule has 2 rings (SSSR count). The van der Waals surface area contributed by atoms with Crippen LogP contribution in [0.5, 0.6) is 11.5 Å². The van der Waals surface area contributed by atoms with Crippen molar-refractivity contribution >= 4 is 12.4 Å². The van der Waals surface area contributed by atoms with Gasteiger partial charge in [0.2, 0.25) is 0 Å². The number of hydrogen-bond donors (Lipinski definition) is 2. The normalized spacial score (nSPS) is 12.5. The van der Waals surface area contributed by atoms with Crippen molar-refractivity contribution in [3.8, 4) is 11.5 Å². The van der Waals surface area contributed by atoms with Crippen LogP contribution >= 0.6 is 0 Å². The Bertz CT molecular complexity index is 696. The van der Waals surface area contributed by atoms with Gasteiger partial charge < -0.3 is 0 Å². The molecule has 0 unspecified atom stereocenters. The number of nitrogens with zero attached hydrogens (tertiary/aromatic N) is 2. The van der Waals surface area contributed by atoms with E-state index in [-0.39, 0.29) is 11.5 Å². The predicted octanol–water partition coefficient (Wildman–Crippen LogP) is 2.06. The van der Waals surface area contributed by atoms with Gasteiger partial charge in [-0.3, -0.25) is 0 Å². The molecule has 0 aliphatic rings. The number of phenolic OH excluding ortho intramolecular Hbond substituents is 2. The van der Waals surface area contributed by atoms with Crippen LogP contribution in [0.15, 0.2) is 48.5 Å². The summed E-state index contributed by atoms with van der Waals surface area (Å²) in [5.74, 6) is 0.380. The number of hydrogen-bond acceptors (Lipinski definition) is 2. The summed E-state index contributed by atoms with van der Waals surface area (Å²) in [4.78, 5) is 0. The maximum atomic E-state index is 9.81. The van der Waals surface area contributed by atoms with Crippen molar-refractivity contribution in [1.82, 2.24) is 0 Å².